The van der Waals surface area contributed by atoms with Crippen LogP contribution in [0.15, 0.2) is 24.4 Å². The highest BCUT2D eigenvalue weighted by atomic mass is 15.3. The maximum Gasteiger partial charge on any atom is 0.153 e. The zero-order valence-electron chi connectivity index (χ0n) is 12.9. The summed E-state index contributed by atoms with van der Waals surface area (Å²) >= 11 is 0. The molecule has 0 spiro atoms. The smallest absolute Gasteiger partial charge is 0.153 e. The van der Waals surface area contributed by atoms with Crippen LogP contribution >= 0.6 is 0 Å². The van der Waals surface area contributed by atoms with Gasteiger partial charge in [0.25, 0.3) is 0 Å². The number of nitrogens with zero attached hydrogens (tertiary/aromatic N) is 3. The summed E-state index contributed by atoms with van der Waals surface area (Å²) in [5.41, 5.74) is 4.35. The monoisotopic (exact) mass is 281 g/mol. The molecular weight excluding hydrogens is 258 g/mol. The van der Waals surface area contributed by atoms with Crippen molar-refractivity contribution in [2.45, 2.75) is 51.9 Å². The molecule has 2 aromatic heterocycles. The van der Waals surface area contributed by atoms with Crippen LogP contribution < -0.4 is 0 Å². The molecule has 0 radical (unpaired) electrons. The number of hydrogen-bond donors (Lipinski definition) is 0. The maximum atomic E-state index is 4.97. The third-order valence-corrected chi connectivity index (χ3v) is 5.11. The molecule has 0 bridgehead atoms. The standard InChI is InChI=1S/C18H23N3/c1-12(2)14-8-9-15-16(11-14)21(17-5-3-4-10-19-17)20-18(15)13-6-7-13/h3-5,10,12-14H,6-9,11H2,1-2H3. The molecule has 1 saturated carbocycles. The Labute approximate surface area is 126 Å². The molecule has 1 fully saturated rings. The molecule has 2 aromatic rings. The van der Waals surface area contributed by atoms with Gasteiger partial charge < -0.3 is 0 Å². The zero-order valence-corrected chi connectivity index (χ0v) is 12.9. The first-order chi connectivity index (χ1) is 10.2. The van der Waals surface area contributed by atoms with Crippen molar-refractivity contribution in [3.8, 4) is 5.82 Å². The van der Waals surface area contributed by atoms with Gasteiger partial charge in [0.1, 0.15) is 0 Å². The van der Waals surface area contributed by atoms with Crippen molar-refractivity contribution in [2.24, 2.45) is 11.8 Å². The van der Waals surface area contributed by atoms with Crippen molar-refractivity contribution in [3.05, 3.63) is 41.3 Å². The van der Waals surface area contributed by atoms with E-state index in [9.17, 15) is 0 Å². The van der Waals surface area contributed by atoms with Gasteiger partial charge in [-0.15, -0.1) is 0 Å². The van der Waals surface area contributed by atoms with E-state index < -0.39 is 0 Å². The normalized spacial score (nSPS) is 21.6. The van der Waals surface area contributed by atoms with Crippen molar-refractivity contribution in [3.63, 3.8) is 0 Å². The highest BCUT2D eigenvalue weighted by Gasteiger charge is 2.35. The van der Waals surface area contributed by atoms with Crippen molar-refractivity contribution in [1.29, 1.82) is 0 Å². The first-order valence-electron chi connectivity index (χ1n) is 8.26. The van der Waals surface area contributed by atoms with Gasteiger partial charge in [0.2, 0.25) is 0 Å². The maximum absolute atomic E-state index is 4.97. The van der Waals surface area contributed by atoms with Crippen LogP contribution in [0.4, 0.5) is 0 Å². The van der Waals surface area contributed by atoms with Crippen molar-refractivity contribution >= 4 is 0 Å². The Bertz CT molecular complexity index is 638. The lowest BCUT2D eigenvalue weighted by molar-refractivity contribution is 0.337. The molecule has 2 heterocycles. The molecule has 21 heavy (non-hydrogen) atoms. The Morgan fingerprint density at radius 1 is 1.19 bits per heavy atom. The van der Waals surface area contributed by atoms with E-state index in [1.165, 1.54) is 37.1 Å². The van der Waals surface area contributed by atoms with E-state index >= 15 is 0 Å². The molecule has 0 amide bonds. The van der Waals surface area contributed by atoms with Crippen LogP contribution in [0.1, 0.15) is 56.0 Å². The summed E-state index contributed by atoms with van der Waals surface area (Å²) in [7, 11) is 0. The lowest BCUT2D eigenvalue weighted by Gasteiger charge is -2.26. The number of rotatable bonds is 3. The summed E-state index contributed by atoms with van der Waals surface area (Å²) in [4.78, 5) is 4.52. The minimum Gasteiger partial charge on any atom is -0.237 e. The first kappa shape index (κ1) is 13.1. The highest BCUT2D eigenvalue weighted by Crippen LogP contribution is 2.44. The van der Waals surface area contributed by atoms with E-state index in [4.69, 9.17) is 5.10 Å². The lowest BCUT2D eigenvalue weighted by atomic mass is 9.80. The Kier molecular flexibility index (Phi) is 3.09. The second-order valence-electron chi connectivity index (χ2n) is 6.93. The molecule has 1 unspecified atom stereocenters. The van der Waals surface area contributed by atoms with E-state index in [0.717, 1.165) is 30.0 Å². The zero-order chi connectivity index (χ0) is 14.4. The van der Waals surface area contributed by atoms with Crippen LogP contribution in [0.5, 0.6) is 0 Å². The topological polar surface area (TPSA) is 30.7 Å². The largest absolute Gasteiger partial charge is 0.237 e. The van der Waals surface area contributed by atoms with Crippen LogP contribution in [-0.4, -0.2) is 14.8 Å². The molecule has 3 nitrogen and oxygen atoms in total. The second-order valence-corrected chi connectivity index (χ2v) is 6.93. The fourth-order valence-corrected chi connectivity index (χ4v) is 3.59. The number of aromatic nitrogens is 3. The summed E-state index contributed by atoms with van der Waals surface area (Å²) < 4.78 is 2.14. The highest BCUT2D eigenvalue weighted by molar-refractivity contribution is 5.38. The van der Waals surface area contributed by atoms with Gasteiger partial charge in [-0.1, -0.05) is 19.9 Å². The van der Waals surface area contributed by atoms with E-state index in [0.29, 0.717) is 0 Å². The fraction of sp³-hybridized carbons (Fsp3) is 0.556. The SMILES string of the molecule is CC(C)C1CCc2c(C3CC3)nn(-c3ccccn3)c2C1. The van der Waals surface area contributed by atoms with Gasteiger partial charge in [0.15, 0.2) is 5.82 Å². The average Bonchev–Trinajstić information content (AvgIpc) is 3.28. The van der Waals surface area contributed by atoms with Gasteiger partial charge >= 0.3 is 0 Å². The summed E-state index contributed by atoms with van der Waals surface area (Å²) in [6.07, 6.45) is 8.18. The quantitative estimate of drug-likeness (QED) is 0.854. The molecule has 4 rings (SSSR count). The van der Waals surface area contributed by atoms with Gasteiger partial charge in [-0.25, -0.2) is 9.67 Å². The van der Waals surface area contributed by atoms with Crippen LogP contribution in [0.2, 0.25) is 0 Å². The Morgan fingerprint density at radius 2 is 2.05 bits per heavy atom. The molecule has 3 heteroatoms. The minimum absolute atomic E-state index is 0.722. The Morgan fingerprint density at radius 3 is 2.71 bits per heavy atom. The minimum atomic E-state index is 0.722. The molecule has 2 aliphatic rings. The molecule has 0 aromatic carbocycles. The van der Waals surface area contributed by atoms with Crippen molar-refractivity contribution < 1.29 is 0 Å². The van der Waals surface area contributed by atoms with Crippen LogP contribution in [0.25, 0.3) is 5.82 Å². The fourth-order valence-electron chi connectivity index (χ4n) is 3.59. The van der Waals surface area contributed by atoms with E-state index in [2.05, 4.69) is 35.6 Å². The van der Waals surface area contributed by atoms with Gasteiger partial charge in [0.05, 0.1) is 5.69 Å². The van der Waals surface area contributed by atoms with Crippen LogP contribution in [0, 0.1) is 11.8 Å². The molecule has 0 N–H and O–H groups in total. The van der Waals surface area contributed by atoms with Crippen LogP contribution in [-0.2, 0) is 12.8 Å². The summed E-state index contributed by atoms with van der Waals surface area (Å²) in [6, 6.07) is 6.09. The van der Waals surface area contributed by atoms with Crippen molar-refractivity contribution in [1.82, 2.24) is 14.8 Å². The molecule has 2 aliphatic carbocycles. The second kappa shape index (κ2) is 4.97. The van der Waals surface area contributed by atoms with Gasteiger partial charge in [0, 0.05) is 17.8 Å². The number of hydrogen-bond acceptors (Lipinski definition) is 2. The van der Waals surface area contributed by atoms with E-state index in [1.807, 2.05) is 12.3 Å². The summed E-state index contributed by atoms with van der Waals surface area (Å²) in [5.74, 6) is 3.22. The average molecular weight is 281 g/mol. The Balaban J connectivity index is 1.80. The molecule has 0 saturated heterocycles. The summed E-state index contributed by atoms with van der Waals surface area (Å²) in [6.45, 7) is 4.69. The van der Waals surface area contributed by atoms with Gasteiger partial charge in [-0.2, -0.15) is 5.10 Å². The third-order valence-electron chi connectivity index (χ3n) is 5.11. The van der Waals surface area contributed by atoms with Gasteiger partial charge in [-0.05, 0) is 61.6 Å². The van der Waals surface area contributed by atoms with Crippen LogP contribution in [0.3, 0.4) is 0 Å². The number of pyridine rings is 1. The van der Waals surface area contributed by atoms with Crippen molar-refractivity contribution in [2.75, 3.05) is 0 Å². The molecule has 110 valence electrons. The molecular formula is C18H23N3. The van der Waals surface area contributed by atoms with Gasteiger partial charge in [-0.3, -0.25) is 0 Å². The summed E-state index contributed by atoms with van der Waals surface area (Å²) in [5, 5.41) is 4.97. The molecule has 1 atom stereocenters. The molecule has 0 aliphatic heterocycles. The lowest BCUT2D eigenvalue weighted by Crippen LogP contribution is -2.21. The predicted molar refractivity (Wildman–Crippen MR) is 83.7 cm³/mol. The van der Waals surface area contributed by atoms with E-state index in [-0.39, 0.29) is 0 Å². The van der Waals surface area contributed by atoms with E-state index in [1.54, 1.807) is 5.56 Å². The third kappa shape index (κ3) is 2.29. The predicted octanol–water partition coefficient (Wildman–Crippen LogP) is 3.91. The first-order valence-corrected chi connectivity index (χ1v) is 8.26. The number of fused-ring (bicyclic) bond motifs is 1. The Hall–Kier alpha value is -1.64.